The van der Waals surface area contributed by atoms with Crippen LogP contribution in [0.2, 0.25) is 0 Å². The zero-order valence-electron chi connectivity index (χ0n) is 17.9. The van der Waals surface area contributed by atoms with Gasteiger partial charge in [-0.2, -0.15) is 0 Å². The summed E-state index contributed by atoms with van der Waals surface area (Å²) in [6, 6.07) is 5.95. The number of rotatable bonds is 8. The fraction of sp³-hybridized carbons (Fsp3) is 0.455. The lowest BCUT2D eigenvalue weighted by molar-refractivity contribution is -0.138. The molecule has 0 saturated carbocycles. The van der Waals surface area contributed by atoms with E-state index < -0.39 is 5.97 Å². The van der Waals surface area contributed by atoms with Crippen molar-refractivity contribution in [2.45, 2.75) is 46.6 Å². The fourth-order valence-corrected chi connectivity index (χ4v) is 2.58. The molecule has 7 heteroatoms. The molecule has 2 rings (SSSR count). The zero-order valence-corrected chi connectivity index (χ0v) is 17.9. The van der Waals surface area contributed by atoms with E-state index in [0.717, 1.165) is 22.3 Å². The highest BCUT2D eigenvalue weighted by Gasteiger charge is 2.16. The number of ether oxygens (including phenoxy) is 2. The Hall–Kier alpha value is -2.80. The van der Waals surface area contributed by atoms with Gasteiger partial charge in [-0.3, -0.25) is 4.99 Å². The summed E-state index contributed by atoms with van der Waals surface area (Å²) in [6.45, 7) is 10.4. The van der Waals surface area contributed by atoms with Crippen LogP contribution in [0.3, 0.4) is 0 Å². The maximum atomic E-state index is 12.3. The van der Waals surface area contributed by atoms with Crippen molar-refractivity contribution in [1.29, 1.82) is 0 Å². The molecule has 0 spiro atoms. The molecule has 2 aromatic heterocycles. The number of fused-ring (bicyclic) bond motifs is 1. The predicted molar refractivity (Wildman–Crippen MR) is 115 cm³/mol. The van der Waals surface area contributed by atoms with Crippen LogP contribution in [0.4, 0.5) is 0 Å². The van der Waals surface area contributed by atoms with Crippen molar-refractivity contribution < 1.29 is 14.3 Å². The van der Waals surface area contributed by atoms with Crippen molar-refractivity contribution >= 4 is 23.2 Å². The van der Waals surface area contributed by atoms with E-state index >= 15 is 0 Å². The molecule has 0 aliphatic heterocycles. The second kappa shape index (κ2) is 10.1. The summed E-state index contributed by atoms with van der Waals surface area (Å²) in [7, 11) is 0. The Morgan fingerprint density at radius 1 is 1.34 bits per heavy atom. The highest BCUT2D eigenvalue weighted by molar-refractivity contribution is 6.10. The third kappa shape index (κ3) is 6.94. The summed E-state index contributed by atoms with van der Waals surface area (Å²) < 4.78 is 10.8. The number of hydrogen-bond donors (Lipinski definition) is 1. The molecule has 0 saturated heterocycles. The van der Waals surface area contributed by atoms with Crippen LogP contribution in [0.5, 0.6) is 0 Å². The van der Waals surface area contributed by atoms with E-state index in [4.69, 9.17) is 15.2 Å². The third-order valence-electron chi connectivity index (χ3n) is 4.12. The summed E-state index contributed by atoms with van der Waals surface area (Å²) >= 11 is 0. The second-order valence-electron chi connectivity index (χ2n) is 7.63. The van der Waals surface area contributed by atoms with E-state index in [1.165, 1.54) is 6.21 Å². The first kappa shape index (κ1) is 22.5. The molecule has 0 bridgehead atoms. The van der Waals surface area contributed by atoms with Gasteiger partial charge in [-0.05, 0) is 64.8 Å². The number of nitrogens with two attached hydrogens (primary N) is 1. The topological polar surface area (TPSA) is 99.7 Å². The van der Waals surface area contributed by atoms with Gasteiger partial charge in [0.2, 0.25) is 0 Å². The number of carbonyl (C=O) groups excluding carboxylic acids is 1. The molecular weight excluding hydrogens is 368 g/mol. The number of esters is 1. The second-order valence-corrected chi connectivity index (χ2v) is 7.63. The van der Waals surface area contributed by atoms with Crippen molar-refractivity contribution in [3.8, 4) is 0 Å². The number of pyridine rings is 2. The van der Waals surface area contributed by atoms with Crippen LogP contribution in [0.15, 0.2) is 40.7 Å². The molecule has 0 amide bonds. The van der Waals surface area contributed by atoms with Gasteiger partial charge in [0, 0.05) is 30.0 Å². The molecule has 0 unspecified atom stereocenters. The van der Waals surface area contributed by atoms with Crippen molar-refractivity contribution in [3.05, 3.63) is 46.9 Å². The third-order valence-corrected chi connectivity index (χ3v) is 4.12. The first-order chi connectivity index (χ1) is 13.7. The summed E-state index contributed by atoms with van der Waals surface area (Å²) in [5, 5.41) is 0.993. The lowest BCUT2D eigenvalue weighted by Crippen LogP contribution is -2.25. The van der Waals surface area contributed by atoms with Gasteiger partial charge in [0.15, 0.2) is 5.65 Å². The zero-order chi connectivity index (χ0) is 21.4. The Bertz CT molecular complexity index is 914. The van der Waals surface area contributed by atoms with Crippen LogP contribution in [0, 0.1) is 6.92 Å². The highest BCUT2D eigenvalue weighted by Crippen LogP contribution is 2.15. The highest BCUT2D eigenvalue weighted by atomic mass is 16.5. The quantitative estimate of drug-likeness (QED) is 0.417. The summed E-state index contributed by atoms with van der Waals surface area (Å²) in [6.07, 6.45) is 3.90. The van der Waals surface area contributed by atoms with E-state index in [0.29, 0.717) is 18.7 Å². The molecule has 0 aliphatic carbocycles. The minimum atomic E-state index is -0.499. The Morgan fingerprint density at radius 3 is 2.79 bits per heavy atom. The first-order valence-electron chi connectivity index (χ1n) is 9.72. The van der Waals surface area contributed by atoms with E-state index in [-0.39, 0.29) is 24.4 Å². The largest absolute Gasteiger partial charge is 0.462 e. The molecule has 2 N–H and O–H groups in total. The molecule has 2 aromatic rings. The maximum Gasteiger partial charge on any atom is 0.341 e. The molecule has 0 fully saturated rings. The van der Waals surface area contributed by atoms with Crippen LogP contribution in [-0.4, -0.2) is 47.5 Å². The maximum absolute atomic E-state index is 12.3. The summed E-state index contributed by atoms with van der Waals surface area (Å²) in [5.74, 6) is -0.499. The van der Waals surface area contributed by atoms with Gasteiger partial charge in [-0.1, -0.05) is 0 Å². The number of aliphatic imine (C=N–C) groups is 1. The van der Waals surface area contributed by atoms with E-state index in [9.17, 15) is 4.79 Å². The van der Waals surface area contributed by atoms with Crippen LogP contribution >= 0.6 is 0 Å². The molecule has 0 aromatic carbocycles. The minimum Gasteiger partial charge on any atom is -0.462 e. The minimum absolute atomic E-state index is 0.129. The first-order valence-corrected chi connectivity index (χ1v) is 9.72. The summed E-state index contributed by atoms with van der Waals surface area (Å²) in [5.41, 5.74) is 9.00. The molecule has 156 valence electrons. The number of nitrogens with zero attached hydrogens (tertiary/aromatic N) is 3. The Morgan fingerprint density at radius 2 is 2.10 bits per heavy atom. The van der Waals surface area contributed by atoms with Gasteiger partial charge >= 0.3 is 5.97 Å². The lowest BCUT2D eigenvalue weighted by atomic mass is 10.1. The Labute approximate surface area is 172 Å². The van der Waals surface area contributed by atoms with E-state index in [2.05, 4.69) is 21.0 Å². The van der Waals surface area contributed by atoms with Crippen molar-refractivity contribution in [2.75, 3.05) is 19.8 Å². The van der Waals surface area contributed by atoms with Crippen molar-refractivity contribution in [1.82, 2.24) is 9.97 Å². The Balaban J connectivity index is 2.11. The van der Waals surface area contributed by atoms with Crippen LogP contribution in [0.25, 0.3) is 11.0 Å². The Kier molecular flexibility index (Phi) is 7.84. The molecule has 29 heavy (non-hydrogen) atoms. The van der Waals surface area contributed by atoms with E-state index in [1.54, 1.807) is 13.1 Å². The summed E-state index contributed by atoms with van der Waals surface area (Å²) in [4.78, 5) is 25.4. The van der Waals surface area contributed by atoms with Gasteiger partial charge in [-0.25, -0.2) is 14.8 Å². The van der Waals surface area contributed by atoms with Gasteiger partial charge in [0.05, 0.1) is 30.1 Å². The van der Waals surface area contributed by atoms with E-state index in [1.807, 2.05) is 39.8 Å². The molecule has 2 heterocycles. The number of aromatic nitrogens is 2. The average molecular weight is 399 g/mol. The molecule has 0 aliphatic rings. The number of aryl methyl sites for hydroxylation is 1. The van der Waals surface area contributed by atoms with Gasteiger partial charge in [0.25, 0.3) is 0 Å². The SMILES string of the molecule is CCOC(=O)C(C=NCCc1cc2cccnc2nc1C)=C(N)COC(C)(C)C. The average Bonchev–Trinajstić information content (AvgIpc) is 2.66. The van der Waals surface area contributed by atoms with Gasteiger partial charge in [-0.15, -0.1) is 0 Å². The smallest absolute Gasteiger partial charge is 0.341 e. The van der Waals surface area contributed by atoms with Crippen LogP contribution < -0.4 is 5.73 Å². The van der Waals surface area contributed by atoms with Gasteiger partial charge in [0.1, 0.15) is 0 Å². The molecule has 7 nitrogen and oxygen atoms in total. The lowest BCUT2D eigenvalue weighted by Gasteiger charge is -2.20. The normalized spacial score (nSPS) is 13.0. The number of carbonyl (C=O) groups is 1. The van der Waals surface area contributed by atoms with Gasteiger partial charge < -0.3 is 15.2 Å². The fourth-order valence-electron chi connectivity index (χ4n) is 2.58. The predicted octanol–water partition coefficient (Wildman–Crippen LogP) is 3.14. The van der Waals surface area contributed by atoms with Crippen LogP contribution in [0.1, 0.15) is 39.0 Å². The monoisotopic (exact) mass is 398 g/mol. The molecule has 0 radical (unpaired) electrons. The molecule has 0 atom stereocenters. The van der Waals surface area contributed by atoms with Crippen molar-refractivity contribution in [2.24, 2.45) is 10.7 Å². The van der Waals surface area contributed by atoms with Crippen LogP contribution in [-0.2, 0) is 20.7 Å². The van der Waals surface area contributed by atoms with Crippen molar-refractivity contribution in [3.63, 3.8) is 0 Å². The standard InChI is InChI=1S/C22H30N4O3/c1-6-28-21(27)18(19(23)14-29-22(3,4)5)13-24-11-9-16-12-17-8-7-10-25-20(17)26-15(16)2/h7-8,10,12-13H,6,9,11,14,23H2,1-5H3. The number of hydrogen-bond acceptors (Lipinski definition) is 7. The molecular formula is C22H30N4O3.